The minimum Gasteiger partial charge on any atom is -0.324 e. The number of halogens is 2. The van der Waals surface area contributed by atoms with Gasteiger partial charge < -0.3 is 5.73 Å². The zero-order valence-corrected chi connectivity index (χ0v) is 10.2. The maximum absolute atomic E-state index is 13.5. The molecule has 0 aliphatic carbocycles. The van der Waals surface area contributed by atoms with Crippen molar-refractivity contribution in [3.05, 3.63) is 57.3 Å². The Morgan fingerprint density at radius 2 is 2.06 bits per heavy atom. The lowest BCUT2D eigenvalue weighted by molar-refractivity contribution is 0.494. The first-order valence-electron chi connectivity index (χ1n) is 5.32. The van der Waals surface area contributed by atoms with Crippen LogP contribution in [0.1, 0.15) is 22.0 Å². The molecule has 1 atom stereocenters. The maximum atomic E-state index is 13.5. The Morgan fingerprint density at radius 1 is 1.29 bits per heavy atom. The van der Waals surface area contributed by atoms with Gasteiger partial charge in [-0.1, -0.05) is 12.1 Å². The van der Waals surface area contributed by atoms with Crippen molar-refractivity contribution >= 4 is 11.3 Å². The number of hydrogen-bond donors (Lipinski definition) is 1. The Hall–Kier alpha value is -1.26. The first-order valence-corrected chi connectivity index (χ1v) is 6.20. The number of hydrogen-bond acceptors (Lipinski definition) is 2. The molecule has 0 radical (unpaired) electrons. The van der Waals surface area contributed by atoms with E-state index in [-0.39, 0.29) is 6.04 Å². The summed E-state index contributed by atoms with van der Waals surface area (Å²) >= 11 is 1.60. The van der Waals surface area contributed by atoms with Crippen LogP contribution in [0.25, 0.3) is 0 Å². The molecule has 1 nitrogen and oxygen atoms in total. The van der Waals surface area contributed by atoms with Crippen molar-refractivity contribution in [2.75, 3.05) is 0 Å². The van der Waals surface area contributed by atoms with Gasteiger partial charge in [-0.05, 0) is 42.0 Å². The smallest absolute Gasteiger partial charge is 0.162 e. The summed E-state index contributed by atoms with van der Waals surface area (Å²) in [6.07, 6.45) is 0.307. The minimum absolute atomic E-state index is 0.294. The molecule has 0 saturated heterocycles. The van der Waals surface area contributed by atoms with Gasteiger partial charge in [-0.2, -0.15) is 0 Å². The van der Waals surface area contributed by atoms with Gasteiger partial charge in [0.15, 0.2) is 11.6 Å². The molecular formula is C13H13F2NS. The van der Waals surface area contributed by atoms with E-state index in [1.165, 1.54) is 6.07 Å². The van der Waals surface area contributed by atoms with E-state index in [2.05, 4.69) is 0 Å². The highest BCUT2D eigenvalue weighted by Gasteiger charge is 2.14. The molecule has 2 N–H and O–H groups in total. The molecule has 17 heavy (non-hydrogen) atoms. The van der Waals surface area contributed by atoms with Crippen LogP contribution < -0.4 is 5.73 Å². The molecule has 0 aliphatic rings. The Labute approximate surface area is 103 Å². The molecule has 0 amide bonds. The van der Waals surface area contributed by atoms with Gasteiger partial charge in [-0.3, -0.25) is 0 Å². The Balaban J connectivity index is 2.22. The summed E-state index contributed by atoms with van der Waals surface area (Å²) in [7, 11) is 0. The standard InChI is InChI=1S/C13H13F2NS/c1-8-10(5-6-17-8)12(16)7-9-3-2-4-11(14)13(9)15/h2-6,12H,7,16H2,1H3. The second-order valence-electron chi connectivity index (χ2n) is 3.96. The largest absolute Gasteiger partial charge is 0.324 e. The summed E-state index contributed by atoms with van der Waals surface area (Å²) in [6, 6.07) is 5.82. The highest BCUT2D eigenvalue weighted by Crippen LogP contribution is 2.25. The third-order valence-corrected chi connectivity index (χ3v) is 3.63. The van der Waals surface area contributed by atoms with E-state index >= 15 is 0 Å². The fraction of sp³-hybridized carbons (Fsp3) is 0.231. The molecule has 1 aromatic heterocycles. The van der Waals surface area contributed by atoms with Crippen LogP contribution in [0.3, 0.4) is 0 Å². The molecule has 2 rings (SSSR count). The average molecular weight is 253 g/mol. The molecule has 90 valence electrons. The van der Waals surface area contributed by atoms with Crippen molar-refractivity contribution in [1.29, 1.82) is 0 Å². The minimum atomic E-state index is -0.822. The van der Waals surface area contributed by atoms with Gasteiger partial charge in [0.25, 0.3) is 0 Å². The normalized spacial score (nSPS) is 12.7. The number of nitrogens with two attached hydrogens (primary N) is 1. The summed E-state index contributed by atoms with van der Waals surface area (Å²) in [5.74, 6) is -1.62. The van der Waals surface area contributed by atoms with Gasteiger partial charge in [0.1, 0.15) is 0 Å². The molecule has 0 fully saturated rings. The van der Waals surface area contributed by atoms with E-state index in [9.17, 15) is 8.78 Å². The molecule has 0 bridgehead atoms. The molecule has 0 spiro atoms. The van der Waals surface area contributed by atoms with Gasteiger partial charge in [0, 0.05) is 10.9 Å². The van der Waals surface area contributed by atoms with Crippen LogP contribution in [0.2, 0.25) is 0 Å². The van der Waals surface area contributed by atoms with Crippen LogP contribution in [0.5, 0.6) is 0 Å². The monoisotopic (exact) mass is 253 g/mol. The molecule has 4 heteroatoms. The molecule has 1 aromatic carbocycles. The summed E-state index contributed by atoms with van der Waals surface area (Å²) in [4.78, 5) is 1.12. The van der Waals surface area contributed by atoms with E-state index in [4.69, 9.17) is 5.73 Å². The summed E-state index contributed by atoms with van der Waals surface area (Å²) in [6.45, 7) is 1.97. The van der Waals surface area contributed by atoms with Gasteiger partial charge >= 0.3 is 0 Å². The van der Waals surface area contributed by atoms with Gasteiger partial charge in [0.2, 0.25) is 0 Å². The Bertz CT molecular complexity index is 522. The van der Waals surface area contributed by atoms with E-state index in [1.54, 1.807) is 17.4 Å². The van der Waals surface area contributed by atoms with Crippen LogP contribution in [-0.4, -0.2) is 0 Å². The number of aryl methyl sites for hydroxylation is 1. The molecule has 1 heterocycles. The van der Waals surface area contributed by atoms with Gasteiger partial charge in [-0.15, -0.1) is 11.3 Å². The number of thiophene rings is 1. The fourth-order valence-corrected chi connectivity index (χ4v) is 2.61. The maximum Gasteiger partial charge on any atom is 0.162 e. The van der Waals surface area contributed by atoms with Crippen LogP contribution in [0.15, 0.2) is 29.6 Å². The molecule has 0 saturated carbocycles. The third-order valence-electron chi connectivity index (χ3n) is 2.77. The zero-order valence-electron chi connectivity index (χ0n) is 9.41. The van der Waals surface area contributed by atoms with Gasteiger partial charge in [0.05, 0.1) is 0 Å². The SMILES string of the molecule is Cc1sccc1C(N)Cc1cccc(F)c1F. The Morgan fingerprint density at radius 3 is 2.71 bits per heavy atom. The topological polar surface area (TPSA) is 26.0 Å². The second kappa shape index (κ2) is 4.94. The summed E-state index contributed by atoms with van der Waals surface area (Å²) in [5, 5.41) is 1.95. The summed E-state index contributed by atoms with van der Waals surface area (Å²) in [5.41, 5.74) is 7.33. The predicted octanol–water partition coefficient (Wildman–Crippen LogP) is 3.58. The molecular weight excluding hydrogens is 240 g/mol. The molecule has 2 aromatic rings. The molecule has 0 aliphatic heterocycles. The van der Waals surface area contributed by atoms with Gasteiger partial charge in [-0.25, -0.2) is 8.78 Å². The molecule has 1 unspecified atom stereocenters. The van der Waals surface area contributed by atoms with Crippen molar-refractivity contribution in [3.63, 3.8) is 0 Å². The van der Waals surface area contributed by atoms with E-state index < -0.39 is 11.6 Å². The van der Waals surface area contributed by atoms with Crippen LogP contribution in [0, 0.1) is 18.6 Å². The average Bonchev–Trinajstić information content (AvgIpc) is 2.71. The summed E-state index contributed by atoms with van der Waals surface area (Å²) < 4.78 is 26.5. The predicted molar refractivity (Wildman–Crippen MR) is 66.0 cm³/mol. The highest BCUT2D eigenvalue weighted by molar-refractivity contribution is 7.10. The van der Waals surface area contributed by atoms with E-state index in [1.807, 2.05) is 18.4 Å². The lowest BCUT2D eigenvalue weighted by Gasteiger charge is -2.12. The van der Waals surface area contributed by atoms with Crippen molar-refractivity contribution in [1.82, 2.24) is 0 Å². The fourth-order valence-electron chi connectivity index (χ4n) is 1.83. The van der Waals surface area contributed by atoms with Crippen molar-refractivity contribution in [3.8, 4) is 0 Å². The van der Waals surface area contributed by atoms with Crippen LogP contribution >= 0.6 is 11.3 Å². The lowest BCUT2D eigenvalue weighted by Crippen LogP contribution is -2.14. The lowest BCUT2D eigenvalue weighted by atomic mass is 10.00. The van der Waals surface area contributed by atoms with Crippen molar-refractivity contribution in [2.24, 2.45) is 5.73 Å². The quantitative estimate of drug-likeness (QED) is 0.889. The van der Waals surface area contributed by atoms with E-state index in [0.29, 0.717) is 12.0 Å². The van der Waals surface area contributed by atoms with Crippen LogP contribution in [0.4, 0.5) is 8.78 Å². The van der Waals surface area contributed by atoms with E-state index in [0.717, 1.165) is 16.5 Å². The number of rotatable bonds is 3. The van der Waals surface area contributed by atoms with Crippen molar-refractivity contribution < 1.29 is 8.78 Å². The van der Waals surface area contributed by atoms with Crippen molar-refractivity contribution in [2.45, 2.75) is 19.4 Å². The first kappa shape index (κ1) is 12.2. The Kier molecular flexibility index (Phi) is 3.54. The first-order chi connectivity index (χ1) is 8.09. The number of benzene rings is 1. The van der Waals surface area contributed by atoms with Crippen LogP contribution in [-0.2, 0) is 6.42 Å². The highest BCUT2D eigenvalue weighted by atomic mass is 32.1. The zero-order chi connectivity index (χ0) is 12.4. The second-order valence-corrected chi connectivity index (χ2v) is 5.08. The third kappa shape index (κ3) is 2.53.